The molecule has 0 aromatic carbocycles. The normalized spacial score (nSPS) is 22.9. The second-order valence-electron chi connectivity index (χ2n) is 5.13. The van der Waals surface area contributed by atoms with Crippen LogP contribution in [0.4, 0.5) is 4.79 Å². The molecular weight excluding hydrogens is 248 g/mol. The Labute approximate surface area is 114 Å². The van der Waals surface area contributed by atoms with E-state index in [-0.39, 0.29) is 18.6 Å². The van der Waals surface area contributed by atoms with Crippen molar-refractivity contribution in [2.75, 3.05) is 20.1 Å². The molecular formula is C13H24N2O4. The molecule has 0 bridgehead atoms. The van der Waals surface area contributed by atoms with Crippen molar-refractivity contribution in [3.05, 3.63) is 0 Å². The molecule has 0 aromatic heterocycles. The lowest BCUT2D eigenvalue weighted by Crippen LogP contribution is -2.52. The summed E-state index contributed by atoms with van der Waals surface area (Å²) in [4.78, 5) is 25.9. The third-order valence-electron chi connectivity index (χ3n) is 3.58. The number of rotatable bonds is 5. The van der Waals surface area contributed by atoms with Gasteiger partial charge in [0.25, 0.3) is 0 Å². The number of aliphatic carboxylic acids is 1. The van der Waals surface area contributed by atoms with E-state index in [9.17, 15) is 14.7 Å². The molecule has 0 heterocycles. The van der Waals surface area contributed by atoms with Crippen LogP contribution in [0.5, 0.6) is 0 Å². The predicted molar refractivity (Wildman–Crippen MR) is 70.9 cm³/mol. The Kier molecular flexibility index (Phi) is 6.08. The summed E-state index contributed by atoms with van der Waals surface area (Å²) in [6.07, 6.45) is 3.65. The summed E-state index contributed by atoms with van der Waals surface area (Å²) >= 11 is 0. The molecule has 1 aliphatic carbocycles. The molecule has 6 heteroatoms. The number of hydrogen-bond donors (Lipinski definition) is 2. The lowest BCUT2D eigenvalue weighted by Gasteiger charge is -2.37. The first kappa shape index (κ1) is 15.8. The maximum absolute atomic E-state index is 12.3. The van der Waals surface area contributed by atoms with Gasteiger partial charge in [0, 0.05) is 13.6 Å². The van der Waals surface area contributed by atoms with Crippen LogP contribution in [0.25, 0.3) is 0 Å². The molecule has 0 radical (unpaired) electrons. The van der Waals surface area contributed by atoms with Crippen LogP contribution < -0.4 is 0 Å². The highest BCUT2D eigenvalue weighted by Gasteiger charge is 2.31. The van der Waals surface area contributed by atoms with Crippen molar-refractivity contribution in [1.82, 2.24) is 9.80 Å². The molecule has 1 aliphatic rings. The van der Waals surface area contributed by atoms with Crippen LogP contribution in [0.1, 0.15) is 39.0 Å². The number of amides is 2. The highest BCUT2D eigenvalue weighted by molar-refractivity contribution is 5.80. The van der Waals surface area contributed by atoms with Gasteiger partial charge in [-0.1, -0.05) is 19.8 Å². The van der Waals surface area contributed by atoms with Crippen molar-refractivity contribution in [3.8, 4) is 0 Å². The molecule has 1 fully saturated rings. The van der Waals surface area contributed by atoms with Crippen LogP contribution in [0.2, 0.25) is 0 Å². The third-order valence-corrected chi connectivity index (χ3v) is 3.58. The van der Waals surface area contributed by atoms with E-state index < -0.39 is 12.1 Å². The van der Waals surface area contributed by atoms with E-state index in [0.717, 1.165) is 19.3 Å². The largest absolute Gasteiger partial charge is 0.480 e. The lowest BCUT2D eigenvalue weighted by atomic mass is 9.92. The summed E-state index contributed by atoms with van der Waals surface area (Å²) in [5, 5.41) is 18.8. The maximum atomic E-state index is 12.3. The average Bonchev–Trinajstić information content (AvgIpc) is 2.36. The van der Waals surface area contributed by atoms with Gasteiger partial charge in [-0.25, -0.2) is 4.79 Å². The van der Waals surface area contributed by atoms with E-state index in [2.05, 4.69) is 0 Å². The third kappa shape index (κ3) is 4.38. The van der Waals surface area contributed by atoms with Gasteiger partial charge in [0.2, 0.25) is 0 Å². The molecule has 0 aliphatic heterocycles. The number of likely N-dealkylation sites (N-methyl/N-ethyl adjacent to an activating group) is 1. The zero-order chi connectivity index (χ0) is 14.4. The van der Waals surface area contributed by atoms with Crippen molar-refractivity contribution in [3.63, 3.8) is 0 Å². The number of carbonyl (C=O) groups excluding carboxylic acids is 1. The van der Waals surface area contributed by atoms with Crippen molar-refractivity contribution >= 4 is 12.0 Å². The second-order valence-corrected chi connectivity index (χ2v) is 5.13. The minimum atomic E-state index is -1.01. The van der Waals surface area contributed by atoms with Crippen molar-refractivity contribution in [2.24, 2.45) is 0 Å². The fourth-order valence-corrected chi connectivity index (χ4v) is 2.58. The minimum Gasteiger partial charge on any atom is -0.480 e. The Bertz CT molecular complexity index is 322. The van der Waals surface area contributed by atoms with Gasteiger partial charge in [0.05, 0.1) is 12.1 Å². The van der Waals surface area contributed by atoms with Gasteiger partial charge in [0.15, 0.2) is 0 Å². The average molecular weight is 272 g/mol. The van der Waals surface area contributed by atoms with Gasteiger partial charge in [-0.15, -0.1) is 0 Å². The van der Waals surface area contributed by atoms with Crippen LogP contribution in [-0.4, -0.2) is 64.3 Å². The van der Waals surface area contributed by atoms with E-state index in [1.807, 2.05) is 6.92 Å². The van der Waals surface area contributed by atoms with Gasteiger partial charge >= 0.3 is 12.0 Å². The first-order chi connectivity index (χ1) is 8.97. The summed E-state index contributed by atoms with van der Waals surface area (Å²) in [7, 11) is 1.64. The highest BCUT2D eigenvalue weighted by Crippen LogP contribution is 2.23. The predicted octanol–water partition coefficient (Wildman–Crippen LogP) is 1.14. The van der Waals surface area contributed by atoms with Crippen LogP contribution in [0, 0.1) is 0 Å². The minimum absolute atomic E-state index is 0.200. The summed E-state index contributed by atoms with van der Waals surface area (Å²) in [5.74, 6) is -1.01. The van der Waals surface area contributed by atoms with E-state index in [0.29, 0.717) is 19.4 Å². The van der Waals surface area contributed by atoms with Crippen molar-refractivity contribution < 1.29 is 19.8 Å². The lowest BCUT2D eigenvalue weighted by molar-refractivity contribution is -0.137. The van der Waals surface area contributed by atoms with Crippen LogP contribution >= 0.6 is 0 Å². The topological polar surface area (TPSA) is 81.1 Å². The Morgan fingerprint density at radius 2 is 1.89 bits per heavy atom. The van der Waals surface area contributed by atoms with E-state index in [1.54, 1.807) is 7.05 Å². The molecule has 2 amide bonds. The van der Waals surface area contributed by atoms with Crippen LogP contribution in [-0.2, 0) is 4.79 Å². The van der Waals surface area contributed by atoms with Gasteiger partial charge in [-0.3, -0.25) is 4.79 Å². The van der Waals surface area contributed by atoms with E-state index >= 15 is 0 Å². The molecule has 2 N–H and O–H groups in total. The monoisotopic (exact) mass is 272 g/mol. The first-order valence-corrected chi connectivity index (χ1v) is 6.89. The SMILES string of the molecule is CCCN(CC(=O)O)C(=O)N(C)C1CCCCC1O. The summed E-state index contributed by atoms with van der Waals surface area (Å²) in [6.45, 7) is 2.02. The molecule has 0 aromatic rings. The summed E-state index contributed by atoms with van der Waals surface area (Å²) in [6, 6.07) is -0.510. The zero-order valence-electron chi connectivity index (χ0n) is 11.7. The standard InChI is InChI=1S/C13H24N2O4/c1-3-8-15(9-12(17)18)13(19)14(2)10-6-4-5-7-11(10)16/h10-11,16H,3-9H2,1-2H3,(H,17,18). The van der Waals surface area contributed by atoms with Gasteiger partial charge in [-0.2, -0.15) is 0 Å². The molecule has 6 nitrogen and oxygen atoms in total. The fourth-order valence-electron chi connectivity index (χ4n) is 2.58. The maximum Gasteiger partial charge on any atom is 0.323 e. The van der Waals surface area contributed by atoms with Crippen LogP contribution in [0.15, 0.2) is 0 Å². The summed E-state index contributed by atoms with van der Waals surface area (Å²) in [5.41, 5.74) is 0. The molecule has 0 saturated heterocycles. The number of hydrogen-bond acceptors (Lipinski definition) is 3. The molecule has 1 saturated carbocycles. The number of carbonyl (C=O) groups is 2. The van der Waals surface area contributed by atoms with Gasteiger partial charge in [0.1, 0.15) is 6.54 Å². The Morgan fingerprint density at radius 3 is 2.42 bits per heavy atom. The first-order valence-electron chi connectivity index (χ1n) is 6.89. The smallest absolute Gasteiger partial charge is 0.323 e. The number of nitrogens with zero attached hydrogens (tertiary/aromatic N) is 2. The number of carboxylic acids is 1. The second kappa shape index (κ2) is 7.33. The van der Waals surface area contributed by atoms with Crippen molar-refractivity contribution in [1.29, 1.82) is 0 Å². The molecule has 110 valence electrons. The highest BCUT2D eigenvalue weighted by atomic mass is 16.4. The molecule has 2 atom stereocenters. The quantitative estimate of drug-likeness (QED) is 0.786. The van der Waals surface area contributed by atoms with Gasteiger partial charge < -0.3 is 20.0 Å². The van der Waals surface area contributed by atoms with Crippen LogP contribution in [0.3, 0.4) is 0 Å². The zero-order valence-corrected chi connectivity index (χ0v) is 11.7. The molecule has 0 spiro atoms. The Morgan fingerprint density at radius 1 is 1.26 bits per heavy atom. The Balaban J connectivity index is 2.68. The molecule has 1 rings (SSSR count). The number of urea groups is 1. The molecule has 19 heavy (non-hydrogen) atoms. The number of aliphatic hydroxyl groups is 1. The van der Waals surface area contributed by atoms with Crippen molar-refractivity contribution in [2.45, 2.75) is 51.2 Å². The molecule has 2 unspecified atom stereocenters. The van der Waals surface area contributed by atoms with Gasteiger partial charge in [-0.05, 0) is 19.3 Å². The summed E-state index contributed by atoms with van der Waals surface area (Å²) < 4.78 is 0. The Hall–Kier alpha value is -1.30. The van der Waals surface area contributed by atoms with E-state index in [4.69, 9.17) is 5.11 Å². The number of aliphatic hydroxyl groups excluding tert-OH is 1. The fraction of sp³-hybridized carbons (Fsp3) is 0.846. The van der Waals surface area contributed by atoms with E-state index in [1.165, 1.54) is 9.80 Å². The number of carboxylic acid groups (broad SMARTS) is 1.